The highest BCUT2D eigenvalue weighted by Crippen LogP contribution is 2.26. The second-order valence-corrected chi connectivity index (χ2v) is 4.28. The fourth-order valence-corrected chi connectivity index (χ4v) is 1.98. The van der Waals surface area contributed by atoms with Crippen LogP contribution < -0.4 is 5.73 Å². The van der Waals surface area contributed by atoms with Crippen molar-refractivity contribution in [3.63, 3.8) is 0 Å². The lowest BCUT2D eigenvalue weighted by Gasteiger charge is -1.92. The summed E-state index contributed by atoms with van der Waals surface area (Å²) in [4.78, 5) is 4.25. The molecule has 7 heteroatoms. The van der Waals surface area contributed by atoms with Gasteiger partial charge in [-0.2, -0.15) is 4.63 Å². The monoisotopic (exact) mass is 227 g/mol. The highest BCUT2D eigenvalue weighted by Gasteiger charge is 2.13. The summed E-state index contributed by atoms with van der Waals surface area (Å²) in [5.41, 5.74) is 7.12. The summed E-state index contributed by atoms with van der Waals surface area (Å²) >= 11 is 1.59. The quantitative estimate of drug-likeness (QED) is 0.653. The number of aromatic nitrogens is 4. The van der Waals surface area contributed by atoms with Gasteiger partial charge >= 0.3 is 0 Å². The van der Waals surface area contributed by atoms with Gasteiger partial charge in [0.15, 0.2) is 5.65 Å². The molecule has 6 nitrogen and oxygen atoms in total. The Labute approximate surface area is 90.9 Å². The van der Waals surface area contributed by atoms with Gasteiger partial charge in [-0.25, -0.2) is 4.98 Å². The summed E-state index contributed by atoms with van der Waals surface area (Å²) in [6, 6.07) is 0. The summed E-state index contributed by atoms with van der Waals surface area (Å²) < 4.78 is 1.55. The summed E-state index contributed by atoms with van der Waals surface area (Å²) in [7, 11) is 0. The molecular formula is C8H13N5OS. The Kier molecular flexibility index (Phi) is 2.83. The topological polar surface area (TPSA) is 92.2 Å². The number of nitrogens with zero attached hydrogens (tertiary/aromatic N) is 3. The zero-order valence-electron chi connectivity index (χ0n) is 8.40. The number of aliphatic hydroxyl groups excluding tert-OH is 1. The number of thioether (sulfide) groups is 1. The number of nitrogens with one attached hydrogen (secondary N) is 1. The maximum atomic E-state index is 8.77. The Morgan fingerprint density at radius 3 is 3.00 bits per heavy atom. The van der Waals surface area contributed by atoms with E-state index in [9.17, 15) is 0 Å². The molecule has 0 radical (unpaired) electrons. The van der Waals surface area contributed by atoms with Gasteiger partial charge in [0.05, 0.1) is 6.61 Å². The number of anilines is 1. The first-order valence-corrected chi connectivity index (χ1v) is 5.71. The fourth-order valence-electron chi connectivity index (χ4n) is 1.32. The molecule has 0 aliphatic carbocycles. The molecule has 2 aromatic heterocycles. The van der Waals surface area contributed by atoms with Crippen molar-refractivity contribution in [1.29, 1.82) is 0 Å². The van der Waals surface area contributed by atoms with Crippen LogP contribution in [0.1, 0.15) is 12.7 Å². The van der Waals surface area contributed by atoms with E-state index >= 15 is 0 Å². The summed E-state index contributed by atoms with van der Waals surface area (Å²) in [5.74, 6) is 1.62. The van der Waals surface area contributed by atoms with Gasteiger partial charge in [0.2, 0.25) is 0 Å². The fraction of sp³-hybridized carbons (Fsp3) is 0.500. The van der Waals surface area contributed by atoms with Crippen molar-refractivity contribution in [2.45, 2.75) is 18.4 Å². The molecular weight excluding hydrogens is 214 g/mol. The molecule has 2 rings (SSSR count). The van der Waals surface area contributed by atoms with Crippen molar-refractivity contribution in [1.82, 2.24) is 19.8 Å². The number of aliphatic hydroxyl groups is 1. The first-order valence-electron chi connectivity index (χ1n) is 4.73. The van der Waals surface area contributed by atoms with Crippen molar-refractivity contribution in [3.8, 4) is 0 Å². The zero-order chi connectivity index (χ0) is 10.8. The van der Waals surface area contributed by atoms with E-state index in [2.05, 4.69) is 15.2 Å². The molecule has 2 heterocycles. The molecule has 15 heavy (non-hydrogen) atoms. The average Bonchev–Trinajstić information content (AvgIpc) is 2.70. The Morgan fingerprint density at radius 1 is 1.60 bits per heavy atom. The first kappa shape index (κ1) is 10.3. The van der Waals surface area contributed by atoms with Gasteiger partial charge in [0, 0.05) is 6.42 Å². The molecule has 0 unspecified atom stereocenters. The van der Waals surface area contributed by atoms with Gasteiger partial charge < -0.3 is 10.8 Å². The molecule has 0 aliphatic heterocycles. The van der Waals surface area contributed by atoms with Crippen LogP contribution in [0.5, 0.6) is 0 Å². The smallest absolute Gasteiger partial charge is 0.199 e. The Bertz CT molecular complexity index is 463. The van der Waals surface area contributed by atoms with Crippen molar-refractivity contribution < 1.29 is 5.11 Å². The predicted molar refractivity (Wildman–Crippen MR) is 58.9 cm³/mol. The minimum atomic E-state index is 0.0626. The Balaban J connectivity index is 2.39. The normalized spacial score (nSPS) is 11.3. The van der Waals surface area contributed by atoms with Crippen LogP contribution in [0.25, 0.3) is 5.65 Å². The average molecular weight is 227 g/mol. The molecule has 0 saturated carbocycles. The Morgan fingerprint density at radius 2 is 2.40 bits per heavy atom. The van der Waals surface area contributed by atoms with Gasteiger partial charge in [0.25, 0.3) is 0 Å². The van der Waals surface area contributed by atoms with E-state index in [0.29, 0.717) is 23.6 Å². The minimum Gasteiger partial charge on any atom is -0.396 e. The van der Waals surface area contributed by atoms with Crippen LogP contribution >= 0.6 is 11.8 Å². The number of H-pyrrole nitrogens is 1. The SMILES string of the molecule is CCSc1nn2[nH]c(CCO)nc2c1N. The Hall–Kier alpha value is -1.21. The van der Waals surface area contributed by atoms with Crippen LogP contribution in [0.15, 0.2) is 5.03 Å². The molecule has 0 bridgehead atoms. The number of rotatable bonds is 4. The van der Waals surface area contributed by atoms with Crippen molar-refractivity contribution in [2.24, 2.45) is 0 Å². The standard InChI is InChI=1S/C8H13N5OS/c1-2-15-8-6(9)7-10-5(3-4-14)11-13(7)12-8/h14H,2-4,9H2,1H3,(H,10,11). The number of hydrogen-bond acceptors (Lipinski definition) is 5. The zero-order valence-corrected chi connectivity index (χ0v) is 9.21. The molecule has 0 fully saturated rings. The predicted octanol–water partition coefficient (Wildman–Crippen LogP) is 0.286. The van der Waals surface area contributed by atoms with E-state index in [1.165, 1.54) is 0 Å². The van der Waals surface area contributed by atoms with Crippen LogP contribution in [-0.4, -0.2) is 37.3 Å². The lowest BCUT2D eigenvalue weighted by molar-refractivity contribution is 0.296. The second-order valence-electron chi connectivity index (χ2n) is 3.03. The number of nitrogens with two attached hydrogens (primary N) is 1. The van der Waals surface area contributed by atoms with Crippen molar-refractivity contribution in [2.75, 3.05) is 18.1 Å². The molecule has 0 amide bonds. The number of nitrogen functional groups attached to an aromatic ring is 1. The molecule has 0 aliphatic rings. The van der Waals surface area contributed by atoms with E-state index in [-0.39, 0.29) is 6.61 Å². The van der Waals surface area contributed by atoms with Crippen LogP contribution in [0, 0.1) is 0 Å². The molecule has 0 aromatic carbocycles. The second kappa shape index (κ2) is 4.11. The van der Waals surface area contributed by atoms with Gasteiger partial charge in [-0.3, -0.25) is 5.10 Å². The molecule has 2 aromatic rings. The van der Waals surface area contributed by atoms with Crippen molar-refractivity contribution in [3.05, 3.63) is 5.82 Å². The molecule has 0 atom stereocenters. The first-order chi connectivity index (χ1) is 7.26. The third kappa shape index (κ3) is 1.80. The molecule has 82 valence electrons. The maximum absolute atomic E-state index is 8.77. The molecule has 0 spiro atoms. The van der Waals surface area contributed by atoms with Crippen molar-refractivity contribution >= 4 is 23.1 Å². The lowest BCUT2D eigenvalue weighted by Crippen LogP contribution is -1.95. The molecule has 0 saturated heterocycles. The highest BCUT2D eigenvalue weighted by molar-refractivity contribution is 7.99. The van der Waals surface area contributed by atoms with Crippen LogP contribution in [0.4, 0.5) is 5.69 Å². The maximum Gasteiger partial charge on any atom is 0.199 e. The highest BCUT2D eigenvalue weighted by atomic mass is 32.2. The summed E-state index contributed by atoms with van der Waals surface area (Å²) in [5, 5.41) is 16.8. The third-order valence-electron chi connectivity index (χ3n) is 1.97. The van der Waals surface area contributed by atoms with Crippen LogP contribution in [0.3, 0.4) is 0 Å². The van der Waals surface area contributed by atoms with Gasteiger partial charge in [0.1, 0.15) is 16.5 Å². The van der Waals surface area contributed by atoms with E-state index in [0.717, 1.165) is 10.8 Å². The number of aromatic amines is 1. The largest absolute Gasteiger partial charge is 0.396 e. The summed E-state index contributed by atoms with van der Waals surface area (Å²) in [6.45, 7) is 2.11. The van der Waals surface area contributed by atoms with Crippen LogP contribution in [-0.2, 0) is 6.42 Å². The van der Waals surface area contributed by atoms with Gasteiger partial charge in [-0.1, -0.05) is 6.92 Å². The minimum absolute atomic E-state index is 0.0626. The van der Waals surface area contributed by atoms with E-state index < -0.39 is 0 Å². The third-order valence-corrected chi connectivity index (χ3v) is 2.83. The van der Waals surface area contributed by atoms with Gasteiger partial charge in [-0.05, 0) is 5.75 Å². The number of hydrogen-bond donors (Lipinski definition) is 3. The van der Waals surface area contributed by atoms with E-state index in [4.69, 9.17) is 10.8 Å². The van der Waals surface area contributed by atoms with E-state index in [1.54, 1.807) is 16.4 Å². The lowest BCUT2D eigenvalue weighted by atomic mass is 10.4. The van der Waals surface area contributed by atoms with Gasteiger partial charge in [-0.15, -0.1) is 16.9 Å². The molecule has 4 N–H and O–H groups in total. The number of fused-ring (bicyclic) bond motifs is 1. The van der Waals surface area contributed by atoms with E-state index in [1.807, 2.05) is 6.92 Å². The van der Waals surface area contributed by atoms with Crippen LogP contribution in [0.2, 0.25) is 0 Å². The summed E-state index contributed by atoms with van der Waals surface area (Å²) in [6.07, 6.45) is 0.485.